The molecule has 1 amide bonds. The molecule has 5 nitrogen and oxygen atoms in total. The Morgan fingerprint density at radius 3 is 2.46 bits per heavy atom. The van der Waals surface area contributed by atoms with Crippen molar-refractivity contribution in [1.29, 1.82) is 0 Å². The van der Waals surface area contributed by atoms with Crippen molar-refractivity contribution in [2.75, 3.05) is 19.0 Å². The maximum Gasteiger partial charge on any atom is 0.339 e. The number of nitrogens with one attached hydrogen (secondary N) is 1. The molecule has 124 valence electrons. The van der Waals surface area contributed by atoms with Gasteiger partial charge in [0.15, 0.2) is 0 Å². The molecule has 0 saturated heterocycles. The predicted molar refractivity (Wildman–Crippen MR) is 93.1 cm³/mol. The SMILES string of the molecule is CCOc1ccc(/C=C/C(=O)Nc2ccccc2C(=O)OC)cc1. The third-order valence-corrected chi connectivity index (χ3v) is 3.21. The van der Waals surface area contributed by atoms with Gasteiger partial charge in [-0.2, -0.15) is 0 Å². The van der Waals surface area contributed by atoms with Crippen LogP contribution in [0.25, 0.3) is 6.08 Å². The lowest BCUT2D eigenvalue weighted by molar-refractivity contribution is -0.111. The van der Waals surface area contributed by atoms with Crippen LogP contribution in [-0.4, -0.2) is 25.6 Å². The number of anilines is 1. The molecule has 0 aliphatic carbocycles. The molecule has 0 bridgehead atoms. The molecule has 2 aromatic carbocycles. The Labute approximate surface area is 140 Å². The first-order valence-corrected chi connectivity index (χ1v) is 7.53. The monoisotopic (exact) mass is 325 g/mol. The Bertz CT molecular complexity index is 735. The van der Waals surface area contributed by atoms with E-state index < -0.39 is 5.97 Å². The molecule has 24 heavy (non-hydrogen) atoms. The second kappa shape index (κ2) is 8.53. The van der Waals surface area contributed by atoms with E-state index in [-0.39, 0.29) is 5.91 Å². The highest BCUT2D eigenvalue weighted by molar-refractivity contribution is 6.06. The van der Waals surface area contributed by atoms with E-state index in [1.54, 1.807) is 30.3 Å². The molecule has 0 heterocycles. The van der Waals surface area contributed by atoms with Crippen LogP contribution in [-0.2, 0) is 9.53 Å². The van der Waals surface area contributed by atoms with Gasteiger partial charge in [0.2, 0.25) is 5.91 Å². The lowest BCUT2D eigenvalue weighted by atomic mass is 10.1. The van der Waals surface area contributed by atoms with Gasteiger partial charge < -0.3 is 14.8 Å². The fourth-order valence-corrected chi connectivity index (χ4v) is 2.07. The maximum absolute atomic E-state index is 12.0. The van der Waals surface area contributed by atoms with Gasteiger partial charge >= 0.3 is 5.97 Å². The minimum atomic E-state index is -0.499. The van der Waals surface area contributed by atoms with Gasteiger partial charge in [0, 0.05) is 6.08 Å². The highest BCUT2D eigenvalue weighted by Gasteiger charge is 2.11. The molecule has 0 radical (unpaired) electrons. The van der Waals surface area contributed by atoms with Crippen molar-refractivity contribution in [3.63, 3.8) is 0 Å². The molecular formula is C19H19NO4. The van der Waals surface area contributed by atoms with Gasteiger partial charge in [-0.15, -0.1) is 0 Å². The van der Waals surface area contributed by atoms with Crippen LogP contribution in [0.15, 0.2) is 54.6 Å². The first kappa shape index (κ1) is 17.3. The lowest BCUT2D eigenvalue weighted by Gasteiger charge is -2.07. The summed E-state index contributed by atoms with van der Waals surface area (Å²) in [6, 6.07) is 14.1. The van der Waals surface area contributed by atoms with E-state index in [4.69, 9.17) is 9.47 Å². The average molecular weight is 325 g/mol. The summed E-state index contributed by atoms with van der Waals surface area (Å²) in [4.78, 5) is 23.7. The molecule has 0 aliphatic rings. The van der Waals surface area contributed by atoms with Crippen molar-refractivity contribution in [1.82, 2.24) is 0 Å². The number of para-hydroxylation sites is 1. The van der Waals surface area contributed by atoms with E-state index in [1.165, 1.54) is 13.2 Å². The number of ether oxygens (including phenoxy) is 2. The Morgan fingerprint density at radius 1 is 1.08 bits per heavy atom. The van der Waals surface area contributed by atoms with E-state index in [0.29, 0.717) is 17.9 Å². The second-order valence-corrected chi connectivity index (χ2v) is 4.86. The third kappa shape index (κ3) is 4.71. The molecule has 1 N–H and O–H groups in total. The van der Waals surface area contributed by atoms with Crippen molar-refractivity contribution < 1.29 is 19.1 Å². The van der Waals surface area contributed by atoms with Crippen LogP contribution in [0.4, 0.5) is 5.69 Å². The molecule has 0 aromatic heterocycles. The molecule has 0 saturated carbocycles. The van der Waals surface area contributed by atoms with Crippen LogP contribution in [0.5, 0.6) is 5.75 Å². The highest BCUT2D eigenvalue weighted by atomic mass is 16.5. The van der Waals surface area contributed by atoms with Gasteiger partial charge in [-0.1, -0.05) is 24.3 Å². The summed E-state index contributed by atoms with van der Waals surface area (Å²) in [5.41, 5.74) is 1.59. The van der Waals surface area contributed by atoms with Gasteiger partial charge in [0.1, 0.15) is 5.75 Å². The average Bonchev–Trinajstić information content (AvgIpc) is 2.61. The topological polar surface area (TPSA) is 64.6 Å². The lowest BCUT2D eigenvalue weighted by Crippen LogP contribution is -2.12. The Hall–Kier alpha value is -3.08. The first-order valence-electron chi connectivity index (χ1n) is 7.53. The van der Waals surface area contributed by atoms with Crippen LogP contribution in [0, 0.1) is 0 Å². The molecule has 0 spiro atoms. The molecule has 0 unspecified atom stereocenters. The van der Waals surface area contributed by atoms with Crippen molar-refractivity contribution in [3.05, 3.63) is 65.7 Å². The van der Waals surface area contributed by atoms with Crippen molar-refractivity contribution in [2.24, 2.45) is 0 Å². The highest BCUT2D eigenvalue weighted by Crippen LogP contribution is 2.16. The van der Waals surface area contributed by atoms with E-state index in [9.17, 15) is 9.59 Å². The summed E-state index contributed by atoms with van der Waals surface area (Å²) in [6.07, 6.45) is 3.09. The summed E-state index contributed by atoms with van der Waals surface area (Å²) >= 11 is 0. The number of rotatable bonds is 6. The minimum Gasteiger partial charge on any atom is -0.494 e. The van der Waals surface area contributed by atoms with E-state index in [0.717, 1.165) is 11.3 Å². The number of benzene rings is 2. The van der Waals surface area contributed by atoms with Crippen LogP contribution < -0.4 is 10.1 Å². The molecule has 0 aliphatic heterocycles. The van der Waals surface area contributed by atoms with Gasteiger partial charge in [-0.05, 0) is 42.8 Å². The van der Waals surface area contributed by atoms with E-state index in [1.807, 2.05) is 31.2 Å². The number of hydrogen-bond donors (Lipinski definition) is 1. The first-order chi connectivity index (χ1) is 11.6. The van der Waals surface area contributed by atoms with Crippen LogP contribution in [0.1, 0.15) is 22.8 Å². The fourth-order valence-electron chi connectivity index (χ4n) is 2.07. The minimum absolute atomic E-state index is 0.308. The summed E-state index contributed by atoms with van der Waals surface area (Å²) in [5, 5.41) is 2.68. The quantitative estimate of drug-likeness (QED) is 0.652. The van der Waals surface area contributed by atoms with Crippen molar-refractivity contribution >= 4 is 23.6 Å². The summed E-state index contributed by atoms with van der Waals surface area (Å²) < 4.78 is 10.1. The van der Waals surface area contributed by atoms with Gasteiger partial charge in [-0.25, -0.2) is 4.79 Å². The number of hydrogen-bond acceptors (Lipinski definition) is 4. The molecular weight excluding hydrogens is 306 g/mol. The number of carbonyl (C=O) groups is 2. The standard InChI is InChI=1S/C19H19NO4/c1-3-24-15-11-8-14(9-12-15)10-13-18(21)20-17-7-5-4-6-16(17)19(22)23-2/h4-13H,3H2,1-2H3,(H,20,21)/b13-10+. The van der Waals surface area contributed by atoms with Crippen LogP contribution in [0.2, 0.25) is 0 Å². The van der Waals surface area contributed by atoms with Crippen molar-refractivity contribution in [2.45, 2.75) is 6.92 Å². The summed E-state index contributed by atoms with van der Waals surface area (Å²) in [6.45, 7) is 2.53. The summed E-state index contributed by atoms with van der Waals surface area (Å²) in [7, 11) is 1.30. The fraction of sp³-hybridized carbons (Fsp3) is 0.158. The van der Waals surface area contributed by atoms with Crippen LogP contribution >= 0.6 is 0 Å². The molecule has 2 aromatic rings. The van der Waals surface area contributed by atoms with E-state index in [2.05, 4.69) is 5.32 Å². The third-order valence-electron chi connectivity index (χ3n) is 3.21. The second-order valence-electron chi connectivity index (χ2n) is 4.86. The van der Waals surface area contributed by atoms with Gasteiger partial charge in [0.25, 0.3) is 0 Å². The number of methoxy groups -OCH3 is 1. The molecule has 0 atom stereocenters. The van der Waals surface area contributed by atoms with Gasteiger partial charge in [0.05, 0.1) is 25.0 Å². The Balaban J connectivity index is 2.04. The van der Waals surface area contributed by atoms with Crippen LogP contribution in [0.3, 0.4) is 0 Å². The Morgan fingerprint density at radius 2 is 1.79 bits per heavy atom. The zero-order chi connectivity index (χ0) is 17.4. The van der Waals surface area contributed by atoms with E-state index >= 15 is 0 Å². The predicted octanol–water partition coefficient (Wildman–Crippen LogP) is 3.52. The number of esters is 1. The molecule has 0 fully saturated rings. The zero-order valence-electron chi connectivity index (χ0n) is 13.6. The van der Waals surface area contributed by atoms with Gasteiger partial charge in [-0.3, -0.25) is 4.79 Å². The molecule has 2 rings (SSSR count). The number of carbonyl (C=O) groups excluding carboxylic acids is 2. The largest absolute Gasteiger partial charge is 0.494 e. The molecule has 5 heteroatoms. The number of amides is 1. The summed E-state index contributed by atoms with van der Waals surface area (Å²) in [5.74, 6) is -0.0484. The Kier molecular flexibility index (Phi) is 6.14. The maximum atomic E-state index is 12.0. The van der Waals surface area contributed by atoms with Crippen molar-refractivity contribution in [3.8, 4) is 5.75 Å². The zero-order valence-corrected chi connectivity index (χ0v) is 13.6. The normalized spacial score (nSPS) is 10.4. The smallest absolute Gasteiger partial charge is 0.339 e.